The maximum atomic E-state index is 12.2. The molecule has 21 heavy (non-hydrogen) atoms. The van der Waals surface area contributed by atoms with Crippen molar-refractivity contribution in [3.63, 3.8) is 0 Å². The topological polar surface area (TPSA) is 75.7 Å². The summed E-state index contributed by atoms with van der Waals surface area (Å²) in [5.74, 6) is -0.730. The Balaban J connectivity index is 1.89. The van der Waals surface area contributed by atoms with Crippen LogP contribution in [0.1, 0.15) is 25.7 Å². The van der Waals surface area contributed by atoms with Crippen molar-refractivity contribution in [3.05, 3.63) is 24.3 Å². The van der Waals surface area contributed by atoms with Crippen molar-refractivity contribution in [3.8, 4) is 0 Å². The van der Waals surface area contributed by atoms with Crippen LogP contribution in [0.25, 0.3) is 0 Å². The second-order valence-electron chi connectivity index (χ2n) is 5.08. The summed E-state index contributed by atoms with van der Waals surface area (Å²) in [5.41, 5.74) is 0. The molecule has 2 rings (SSSR count). The van der Waals surface area contributed by atoms with E-state index in [2.05, 4.69) is 5.32 Å². The molecule has 6 nitrogen and oxygen atoms in total. The van der Waals surface area contributed by atoms with Crippen LogP contribution in [0.15, 0.2) is 24.3 Å². The van der Waals surface area contributed by atoms with Gasteiger partial charge < -0.3 is 10.1 Å². The van der Waals surface area contributed by atoms with Crippen LogP contribution in [0, 0.1) is 0 Å². The van der Waals surface area contributed by atoms with Gasteiger partial charge in [0, 0.05) is 6.54 Å². The normalized spacial score (nSPS) is 25.5. The zero-order valence-electron chi connectivity index (χ0n) is 11.8. The van der Waals surface area contributed by atoms with Crippen LogP contribution in [-0.2, 0) is 19.1 Å². The number of allylic oxidation sites excluding steroid dienone is 2. The minimum Gasteiger partial charge on any atom is -0.364 e. The van der Waals surface area contributed by atoms with Gasteiger partial charge in [-0.2, -0.15) is 0 Å². The van der Waals surface area contributed by atoms with E-state index in [9.17, 15) is 14.4 Å². The summed E-state index contributed by atoms with van der Waals surface area (Å²) in [6.07, 6.45) is 11.8. The highest BCUT2D eigenvalue weighted by atomic mass is 16.5. The van der Waals surface area contributed by atoms with Gasteiger partial charge in [-0.1, -0.05) is 24.3 Å². The Hall–Kier alpha value is -1.95. The van der Waals surface area contributed by atoms with Crippen molar-refractivity contribution in [1.82, 2.24) is 10.2 Å². The fourth-order valence-corrected chi connectivity index (χ4v) is 2.43. The molecule has 113 valence electrons. The summed E-state index contributed by atoms with van der Waals surface area (Å²) < 4.78 is 5.50. The molecule has 0 aromatic carbocycles. The summed E-state index contributed by atoms with van der Waals surface area (Å²) >= 11 is 0. The third kappa shape index (κ3) is 4.26. The fourth-order valence-electron chi connectivity index (χ4n) is 2.43. The molecule has 1 N–H and O–H groups in total. The average Bonchev–Trinajstić information content (AvgIpc) is 2.69. The lowest BCUT2D eigenvalue weighted by atomic mass is 10.1. The molecule has 0 bridgehead atoms. The van der Waals surface area contributed by atoms with E-state index >= 15 is 0 Å². The molecule has 0 aromatic heterocycles. The number of hydrogen-bond donors (Lipinski definition) is 1. The van der Waals surface area contributed by atoms with Gasteiger partial charge in [0.25, 0.3) is 11.8 Å². The van der Waals surface area contributed by atoms with Crippen molar-refractivity contribution in [1.29, 1.82) is 0 Å². The number of nitrogens with zero attached hydrogens (tertiary/aromatic N) is 1. The number of carbonyl (C=O) groups excluding carboxylic acids is 3. The number of likely N-dealkylation sites (tertiary alicyclic amines) is 1. The number of rotatable bonds is 5. The monoisotopic (exact) mass is 291 g/mol. The first-order valence-electron chi connectivity index (χ1n) is 7.14. The van der Waals surface area contributed by atoms with Gasteiger partial charge in [-0.15, -0.1) is 0 Å². The zero-order valence-corrected chi connectivity index (χ0v) is 11.8. The summed E-state index contributed by atoms with van der Waals surface area (Å²) in [4.78, 5) is 36.0. The molecule has 0 spiro atoms. The van der Waals surface area contributed by atoms with E-state index in [1.165, 1.54) is 11.3 Å². The quantitative estimate of drug-likeness (QED) is 0.746. The molecule has 1 radical (unpaired) electrons. The molecule has 1 saturated heterocycles. The summed E-state index contributed by atoms with van der Waals surface area (Å²) in [7, 11) is 0. The largest absolute Gasteiger partial charge is 0.364 e. The Kier molecular flexibility index (Phi) is 5.68. The number of amides is 3. The summed E-state index contributed by atoms with van der Waals surface area (Å²) in [6.45, 7) is 0.241. The molecule has 1 heterocycles. The molecule has 1 aliphatic carbocycles. The van der Waals surface area contributed by atoms with E-state index in [0.717, 1.165) is 19.3 Å². The zero-order chi connectivity index (χ0) is 15.1. The van der Waals surface area contributed by atoms with E-state index < -0.39 is 6.04 Å². The molecule has 1 aliphatic heterocycles. The maximum Gasteiger partial charge on any atom is 0.309 e. The van der Waals surface area contributed by atoms with Crippen LogP contribution < -0.4 is 5.32 Å². The highest BCUT2D eigenvalue weighted by Gasteiger charge is 2.30. The van der Waals surface area contributed by atoms with Crippen molar-refractivity contribution in [2.75, 3.05) is 13.2 Å². The van der Waals surface area contributed by atoms with Crippen LogP contribution in [0.4, 0.5) is 0 Å². The number of hydrogen-bond acceptors (Lipinski definition) is 4. The molecular weight excluding hydrogens is 272 g/mol. The molecular formula is C15H19N2O4. The predicted octanol–water partition coefficient (Wildman–Crippen LogP) is 0.452. The van der Waals surface area contributed by atoms with Gasteiger partial charge in [-0.3, -0.25) is 19.3 Å². The van der Waals surface area contributed by atoms with E-state index in [0.29, 0.717) is 13.0 Å². The molecule has 6 heteroatoms. The molecule has 2 atom stereocenters. The highest BCUT2D eigenvalue weighted by molar-refractivity contribution is 5.99. The second-order valence-corrected chi connectivity index (χ2v) is 5.08. The smallest absolute Gasteiger partial charge is 0.309 e. The van der Waals surface area contributed by atoms with Gasteiger partial charge in [0.05, 0.1) is 6.10 Å². The van der Waals surface area contributed by atoms with Crippen molar-refractivity contribution in [2.45, 2.75) is 37.8 Å². The van der Waals surface area contributed by atoms with Gasteiger partial charge in [0.2, 0.25) is 0 Å². The average molecular weight is 291 g/mol. The maximum absolute atomic E-state index is 12.2. The van der Waals surface area contributed by atoms with Crippen LogP contribution in [-0.4, -0.2) is 48.4 Å². The van der Waals surface area contributed by atoms with E-state index in [1.54, 1.807) is 0 Å². The second kappa shape index (κ2) is 7.73. The predicted molar refractivity (Wildman–Crippen MR) is 75.8 cm³/mol. The first-order valence-corrected chi connectivity index (χ1v) is 7.14. The van der Waals surface area contributed by atoms with Crippen LogP contribution >= 0.6 is 0 Å². The fraction of sp³-hybridized carbons (Fsp3) is 0.533. The van der Waals surface area contributed by atoms with Crippen LogP contribution in [0.2, 0.25) is 0 Å². The van der Waals surface area contributed by atoms with Crippen molar-refractivity contribution < 1.29 is 19.1 Å². The molecule has 0 aromatic rings. The third-order valence-corrected chi connectivity index (χ3v) is 3.59. The van der Waals surface area contributed by atoms with Gasteiger partial charge in [0.1, 0.15) is 12.6 Å². The van der Waals surface area contributed by atoms with Crippen molar-refractivity contribution in [2.24, 2.45) is 0 Å². The molecule has 1 unspecified atom stereocenters. The number of carbonyl (C=O) groups is 2. The van der Waals surface area contributed by atoms with E-state index in [4.69, 9.17) is 4.74 Å². The first-order chi connectivity index (χ1) is 10.2. The third-order valence-electron chi connectivity index (χ3n) is 3.59. The molecule has 1 fully saturated rings. The van der Waals surface area contributed by atoms with Gasteiger partial charge in [-0.05, 0) is 25.7 Å². The lowest BCUT2D eigenvalue weighted by molar-refractivity contribution is -0.149. The van der Waals surface area contributed by atoms with Gasteiger partial charge >= 0.3 is 6.41 Å². The minimum absolute atomic E-state index is 0.127. The molecule has 0 saturated carbocycles. The SMILES string of the molecule is O=[C]N[C@H]1CCCCN(C(=O)COC2C=CC=CC2)C1=O. The summed E-state index contributed by atoms with van der Waals surface area (Å²) in [6, 6.07) is -0.661. The van der Waals surface area contributed by atoms with Gasteiger partial charge in [-0.25, -0.2) is 0 Å². The molecule has 2 aliphatic rings. The van der Waals surface area contributed by atoms with E-state index in [-0.39, 0.29) is 24.5 Å². The molecule has 3 amide bonds. The van der Waals surface area contributed by atoms with E-state index in [1.807, 2.05) is 24.3 Å². The highest BCUT2D eigenvalue weighted by Crippen LogP contribution is 2.13. The Morgan fingerprint density at radius 1 is 1.43 bits per heavy atom. The Morgan fingerprint density at radius 2 is 2.29 bits per heavy atom. The standard InChI is InChI=1S/C15H19N2O4/c18-11-16-13-8-4-5-9-17(15(13)20)14(19)10-21-12-6-2-1-3-7-12/h1-3,6,12-13H,4-5,7-10H2,(H,16,18)/t12?,13-/m0/s1. The lowest BCUT2D eigenvalue weighted by Crippen LogP contribution is -2.48. The van der Waals surface area contributed by atoms with Gasteiger partial charge in [0.15, 0.2) is 0 Å². The number of imide groups is 1. The van der Waals surface area contributed by atoms with Crippen molar-refractivity contribution >= 4 is 18.2 Å². The Bertz CT molecular complexity index is 459. The number of nitrogens with one attached hydrogen (secondary N) is 1. The lowest BCUT2D eigenvalue weighted by Gasteiger charge is -2.23. The van der Waals surface area contributed by atoms with Crippen LogP contribution in [0.5, 0.6) is 0 Å². The number of ether oxygens (including phenoxy) is 1. The Morgan fingerprint density at radius 3 is 3.00 bits per heavy atom. The summed E-state index contributed by atoms with van der Waals surface area (Å²) in [5, 5.41) is 2.35. The first kappa shape index (κ1) is 15.4. The minimum atomic E-state index is -0.661. The Labute approximate surface area is 123 Å². The van der Waals surface area contributed by atoms with Crippen LogP contribution in [0.3, 0.4) is 0 Å².